The summed E-state index contributed by atoms with van der Waals surface area (Å²) >= 11 is 17.3. The monoisotopic (exact) mass is 544 g/mol. The molecule has 0 aromatic heterocycles. The summed E-state index contributed by atoms with van der Waals surface area (Å²) in [5, 5.41) is 3.94. The van der Waals surface area contributed by atoms with Gasteiger partial charge in [0.15, 0.2) is 0 Å². The normalized spacial score (nSPS) is 12.0. The van der Waals surface area contributed by atoms with E-state index in [-0.39, 0.29) is 30.2 Å². The molecule has 31 heavy (non-hydrogen) atoms. The van der Waals surface area contributed by atoms with Gasteiger partial charge in [-0.25, -0.2) is 0 Å². The van der Waals surface area contributed by atoms with E-state index in [1.54, 1.807) is 23.1 Å². The van der Waals surface area contributed by atoms with Crippen LogP contribution in [0.1, 0.15) is 38.3 Å². The molecule has 0 radical (unpaired) electrons. The number of thioether (sulfide) groups is 1. The maximum absolute atomic E-state index is 13.2. The standard InChI is InChI=1S/C23H27BrCl2N2O2S/c1-4-21(23(30)27-15(2)3)28(12-17-7-10-19(25)11-20(17)26)22(29)14-31-13-16-5-8-18(24)9-6-16/h5-11,15,21H,4,12-14H2,1-3H3,(H,27,30)/t21-/m1/s1. The van der Waals surface area contributed by atoms with Crippen LogP contribution in [0.15, 0.2) is 46.9 Å². The highest BCUT2D eigenvalue weighted by molar-refractivity contribution is 9.10. The van der Waals surface area contributed by atoms with E-state index in [0.29, 0.717) is 22.2 Å². The number of nitrogens with one attached hydrogen (secondary N) is 1. The van der Waals surface area contributed by atoms with Gasteiger partial charge in [0.05, 0.1) is 5.75 Å². The molecule has 0 aliphatic rings. The van der Waals surface area contributed by atoms with Crippen molar-refractivity contribution in [2.24, 2.45) is 0 Å². The predicted molar refractivity (Wildman–Crippen MR) is 135 cm³/mol. The van der Waals surface area contributed by atoms with Gasteiger partial charge in [0.1, 0.15) is 6.04 Å². The van der Waals surface area contributed by atoms with Crippen LogP contribution >= 0.6 is 50.9 Å². The van der Waals surface area contributed by atoms with Gasteiger partial charge in [0, 0.05) is 32.9 Å². The van der Waals surface area contributed by atoms with Gasteiger partial charge in [-0.3, -0.25) is 9.59 Å². The largest absolute Gasteiger partial charge is 0.352 e. The predicted octanol–water partition coefficient (Wildman–Crippen LogP) is 6.32. The molecule has 0 aliphatic heterocycles. The van der Waals surface area contributed by atoms with Crippen LogP contribution in [0.5, 0.6) is 0 Å². The first-order valence-corrected chi connectivity index (χ1v) is 12.8. The highest BCUT2D eigenvalue weighted by Gasteiger charge is 2.29. The summed E-state index contributed by atoms with van der Waals surface area (Å²) in [6.07, 6.45) is 0.507. The first-order chi connectivity index (χ1) is 14.7. The zero-order valence-corrected chi connectivity index (χ0v) is 21.7. The first kappa shape index (κ1) is 26.0. The summed E-state index contributed by atoms with van der Waals surface area (Å²) in [5.41, 5.74) is 1.89. The van der Waals surface area contributed by atoms with E-state index in [1.807, 2.05) is 45.0 Å². The average molecular weight is 546 g/mol. The SMILES string of the molecule is CC[C@H](C(=O)NC(C)C)N(Cc1ccc(Cl)cc1Cl)C(=O)CSCc1ccc(Br)cc1. The topological polar surface area (TPSA) is 49.4 Å². The maximum atomic E-state index is 13.2. The summed E-state index contributed by atoms with van der Waals surface area (Å²) in [6.45, 7) is 5.96. The summed E-state index contributed by atoms with van der Waals surface area (Å²) < 4.78 is 1.02. The molecule has 2 aromatic rings. The van der Waals surface area contributed by atoms with E-state index in [2.05, 4.69) is 21.2 Å². The number of benzene rings is 2. The highest BCUT2D eigenvalue weighted by Crippen LogP contribution is 2.24. The third-order valence-electron chi connectivity index (χ3n) is 4.58. The van der Waals surface area contributed by atoms with Crippen molar-refractivity contribution in [3.63, 3.8) is 0 Å². The second-order valence-corrected chi connectivity index (χ2v) is 10.2. The van der Waals surface area contributed by atoms with Crippen molar-refractivity contribution in [3.05, 3.63) is 68.1 Å². The fraction of sp³-hybridized carbons (Fsp3) is 0.391. The average Bonchev–Trinajstić information content (AvgIpc) is 2.70. The second-order valence-electron chi connectivity index (χ2n) is 7.46. The molecule has 0 saturated heterocycles. The summed E-state index contributed by atoms with van der Waals surface area (Å²) in [4.78, 5) is 27.7. The van der Waals surface area contributed by atoms with Gasteiger partial charge in [0.25, 0.3) is 0 Å². The van der Waals surface area contributed by atoms with Gasteiger partial charge in [-0.2, -0.15) is 0 Å². The number of nitrogens with zero attached hydrogens (tertiary/aromatic N) is 1. The quantitative estimate of drug-likeness (QED) is 0.380. The van der Waals surface area contributed by atoms with Crippen LogP contribution in [0.25, 0.3) is 0 Å². The fourth-order valence-corrected chi connectivity index (χ4v) is 4.66. The van der Waals surface area contributed by atoms with Crippen LogP contribution in [0.2, 0.25) is 10.0 Å². The Morgan fingerprint density at radius 3 is 2.39 bits per heavy atom. The van der Waals surface area contributed by atoms with Crippen LogP contribution in [0, 0.1) is 0 Å². The van der Waals surface area contributed by atoms with E-state index in [0.717, 1.165) is 15.6 Å². The van der Waals surface area contributed by atoms with Gasteiger partial charge in [-0.1, -0.05) is 64.3 Å². The Labute approximate surface area is 207 Å². The smallest absolute Gasteiger partial charge is 0.243 e. The molecule has 0 saturated carbocycles. The maximum Gasteiger partial charge on any atom is 0.243 e. The van der Waals surface area contributed by atoms with Crippen LogP contribution < -0.4 is 5.32 Å². The van der Waals surface area contributed by atoms with Crippen LogP contribution in [-0.2, 0) is 21.9 Å². The molecule has 0 aliphatic carbocycles. The van der Waals surface area contributed by atoms with Gasteiger partial charge in [0.2, 0.25) is 11.8 Å². The molecule has 0 spiro atoms. The Bertz CT molecular complexity index is 894. The molecule has 1 N–H and O–H groups in total. The van der Waals surface area contributed by atoms with E-state index in [4.69, 9.17) is 23.2 Å². The second kappa shape index (κ2) is 12.7. The lowest BCUT2D eigenvalue weighted by Gasteiger charge is -2.31. The Balaban J connectivity index is 2.16. The van der Waals surface area contributed by atoms with Gasteiger partial charge < -0.3 is 10.2 Å². The molecule has 168 valence electrons. The van der Waals surface area contributed by atoms with Crippen LogP contribution in [-0.4, -0.2) is 34.6 Å². The lowest BCUT2D eigenvalue weighted by atomic mass is 10.1. The number of halogens is 3. The number of carbonyl (C=O) groups is 2. The molecule has 0 unspecified atom stereocenters. The fourth-order valence-electron chi connectivity index (χ4n) is 3.05. The zero-order valence-electron chi connectivity index (χ0n) is 17.8. The molecule has 2 amide bonds. The molecule has 0 heterocycles. The zero-order chi connectivity index (χ0) is 23.0. The van der Waals surface area contributed by atoms with E-state index in [9.17, 15) is 9.59 Å². The van der Waals surface area contributed by atoms with Gasteiger partial charge in [-0.15, -0.1) is 11.8 Å². The molecule has 0 bridgehead atoms. The number of hydrogen-bond donors (Lipinski definition) is 1. The molecule has 1 atom stereocenters. The van der Waals surface area contributed by atoms with Crippen molar-refractivity contribution in [3.8, 4) is 0 Å². The number of hydrogen-bond acceptors (Lipinski definition) is 3. The highest BCUT2D eigenvalue weighted by atomic mass is 79.9. The van der Waals surface area contributed by atoms with Crippen molar-refractivity contribution in [1.82, 2.24) is 10.2 Å². The number of rotatable bonds is 10. The van der Waals surface area contributed by atoms with Crippen LogP contribution in [0.3, 0.4) is 0 Å². The van der Waals surface area contributed by atoms with Crippen molar-refractivity contribution in [2.75, 3.05) is 5.75 Å². The van der Waals surface area contributed by atoms with Crippen molar-refractivity contribution >= 4 is 62.7 Å². The minimum absolute atomic E-state index is 0.00981. The molecule has 0 fully saturated rings. The van der Waals surface area contributed by atoms with Crippen molar-refractivity contribution < 1.29 is 9.59 Å². The Hall–Kier alpha value is -1.21. The minimum Gasteiger partial charge on any atom is -0.352 e. The van der Waals surface area contributed by atoms with E-state index < -0.39 is 6.04 Å². The number of amides is 2. The van der Waals surface area contributed by atoms with Crippen molar-refractivity contribution in [2.45, 2.75) is 51.6 Å². The number of carbonyl (C=O) groups excluding carboxylic acids is 2. The Morgan fingerprint density at radius 1 is 1.13 bits per heavy atom. The summed E-state index contributed by atoms with van der Waals surface area (Å²) in [5.74, 6) is 0.726. The van der Waals surface area contributed by atoms with Gasteiger partial charge in [-0.05, 0) is 55.7 Å². The minimum atomic E-state index is -0.574. The molecule has 8 heteroatoms. The molecule has 2 aromatic carbocycles. The Kier molecular flexibility index (Phi) is 10.7. The lowest BCUT2D eigenvalue weighted by Crippen LogP contribution is -2.51. The molecule has 2 rings (SSSR count). The molecular formula is C23H27BrCl2N2O2S. The lowest BCUT2D eigenvalue weighted by molar-refractivity contribution is -0.139. The Morgan fingerprint density at radius 2 is 1.81 bits per heavy atom. The molecular weight excluding hydrogens is 519 g/mol. The molecule has 4 nitrogen and oxygen atoms in total. The first-order valence-electron chi connectivity index (χ1n) is 10.1. The third kappa shape index (κ3) is 8.33. The van der Waals surface area contributed by atoms with E-state index >= 15 is 0 Å². The van der Waals surface area contributed by atoms with Gasteiger partial charge >= 0.3 is 0 Å². The van der Waals surface area contributed by atoms with Crippen LogP contribution in [0.4, 0.5) is 0 Å². The summed E-state index contributed by atoms with van der Waals surface area (Å²) in [6, 6.07) is 12.6. The third-order valence-corrected chi connectivity index (χ3v) is 6.68. The van der Waals surface area contributed by atoms with E-state index in [1.165, 1.54) is 11.8 Å². The van der Waals surface area contributed by atoms with Crippen molar-refractivity contribution in [1.29, 1.82) is 0 Å². The summed E-state index contributed by atoms with van der Waals surface area (Å²) in [7, 11) is 0.